The van der Waals surface area contributed by atoms with E-state index in [4.69, 9.17) is 28.3 Å². The minimum atomic E-state index is -0.960. The van der Waals surface area contributed by atoms with Gasteiger partial charge in [0.2, 0.25) is 0 Å². The molecule has 0 unspecified atom stereocenters. The number of amides is 1. The molecule has 1 aromatic heterocycles. The van der Waals surface area contributed by atoms with E-state index in [-0.39, 0.29) is 34.7 Å². The highest BCUT2D eigenvalue weighted by atomic mass is 35.5. The van der Waals surface area contributed by atoms with Gasteiger partial charge in [0.25, 0.3) is 5.91 Å². The second-order valence-corrected chi connectivity index (χ2v) is 6.05. The lowest BCUT2D eigenvalue weighted by Gasteiger charge is -2.35. The first-order valence-electron chi connectivity index (χ1n) is 5.98. The molecule has 5 nitrogen and oxygen atoms in total. The van der Waals surface area contributed by atoms with E-state index >= 15 is 0 Å². The van der Waals surface area contributed by atoms with Crippen molar-refractivity contribution in [1.82, 2.24) is 9.88 Å². The first-order chi connectivity index (χ1) is 9.11. The smallest absolute Gasteiger partial charge is 0.305 e. The highest BCUT2D eigenvalue weighted by molar-refractivity contribution is 6.33. The number of pyridine rings is 1. The number of aliphatic carboxylic acids is 1. The minimum Gasteiger partial charge on any atom is -0.481 e. The molecule has 0 fully saturated rings. The topological polar surface area (TPSA) is 70.5 Å². The monoisotopic (exact) mass is 318 g/mol. The quantitative estimate of drug-likeness (QED) is 0.866. The van der Waals surface area contributed by atoms with Gasteiger partial charge < -0.3 is 10.0 Å². The molecule has 0 aromatic carbocycles. The van der Waals surface area contributed by atoms with Crippen LogP contribution in [-0.2, 0) is 4.79 Å². The number of halogens is 2. The zero-order chi connectivity index (χ0) is 15.5. The summed E-state index contributed by atoms with van der Waals surface area (Å²) < 4.78 is 0. The van der Waals surface area contributed by atoms with Crippen molar-refractivity contribution < 1.29 is 14.7 Å². The molecule has 1 heterocycles. The lowest BCUT2D eigenvalue weighted by Crippen LogP contribution is -2.46. The molecule has 1 N–H and O–H groups in total. The number of nitrogens with zero attached hydrogens (tertiary/aromatic N) is 2. The van der Waals surface area contributed by atoms with Crippen molar-refractivity contribution in [3.63, 3.8) is 0 Å². The molecule has 0 radical (unpaired) electrons. The lowest BCUT2D eigenvalue weighted by molar-refractivity contribution is -0.137. The molecule has 0 saturated heterocycles. The first-order valence-corrected chi connectivity index (χ1v) is 6.73. The van der Waals surface area contributed by atoms with Gasteiger partial charge >= 0.3 is 5.97 Å². The fraction of sp³-hybridized carbons (Fsp3) is 0.462. The molecule has 0 bridgehead atoms. The zero-order valence-corrected chi connectivity index (χ0v) is 13.0. The molecule has 7 heteroatoms. The zero-order valence-electron chi connectivity index (χ0n) is 11.5. The Bertz CT molecular complexity index is 507. The number of aromatic nitrogens is 1. The van der Waals surface area contributed by atoms with Crippen LogP contribution in [0.2, 0.25) is 10.3 Å². The second kappa shape index (κ2) is 6.41. The van der Waals surface area contributed by atoms with Crippen molar-refractivity contribution in [1.29, 1.82) is 0 Å². The normalized spacial score (nSPS) is 11.2. The van der Waals surface area contributed by atoms with Crippen LogP contribution in [0.1, 0.15) is 37.6 Å². The summed E-state index contributed by atoms with van der Waals surface area (Å²) >= 11 is 11.6. The van der Waals surface area contributed by atoms with E-state index in [2.05, 4.69) is 4.98 Å². The summed E-state index contributed by atoms with van der Waals surface area (Å²) in [6.07, 6.45) is -0.129. The van der Waals surface area contributed by atoms with Crippen molar-refractivity contribution in [2.45, 2.75) is 32.7 Å². The summed E-state index contributed by atoms with van der Waals surface area (Å²) in [5.41, 5.74) is -0.232. The van der Waals surface area contributed by atoms with Crippen LogP contribution < -0.4 is 0 Å². The highest BCUT2D eigenvalue weighted by Crippen LogP contribution is 2.21. The van der Waals surface area contributed by atoms with Crippen molar-refractivity contribution in [2.75, 3.05) is 6.54 Å². The number of hydrogen-bond donors (Lipinski definition) is 1. The Hall–Kier alpha value is -1.33. The van der Waals surface area contributed by atoms with E-state index in [1.807, 2.05) is 20.8 Å². The van der Waals surface area contributed by atoms with Gasteiger partial charge in [0.05, 0.1) is 6.42 Å². The SMILES string of the molecule is CC(C)(C)N(CCC(=O)O)C(=O)c1cc(Cl)nc(Cl)c1. The molecule has 20 heavy (non-hydrogen) atoms. The third kappa shape index (κ3) is 4.65. The molecule has 0 atom stereocenters. The fourth-order valence-electron chi connectivity index (χ4n) is 1.69. The maximum absolute atomic E-state index is 12.5. The molecular weight excluding hydrogens is 303 g/mol. The predicted octanol–water partition coefficient (Wildman–Crippen LogP) is 3.10. The van der Waals surface area contributed by atoms with Crippen molar-refractivity contribution >= 4 is 35.1 Å². The van der Waals surface area contributed by atoms with E-state index in [0.717, 1.165) is 0 Å². The summed E-state index contributed by atoms with van der Waals surface area (Å²) in [6, 6.07) is 2.82. The summed E-state index contributed by atoms with van der Waals surface area (Å²) in [4.78, 5) is 28.5. The predicted molar refractivity (Wildman–Crippen MR) is 77.3 cm³/mol. The van der Waals surface area contributed by atoms with Gasteiger partial charge in [-0.1, -0.05) is 23.2 Å². The first kappa shape index (κ1) is 16.7. The molecule has 0 aliphatic carbocycles. The van der Waals surface area contributed by atoms with E-state index < -0.39 is 11.5 Å². The van der Waals surface area contributed by atoms with Gasteiger partial charge in [-0.25, -0.2) is 4.98 Å². The average Bonchev–Trinajstić information content (AvgIpc) is 2.25. The molecule has 1 rings (SSSR count). The van der Waals surface area contributed by atoms with Crippen LogP contribution in [0, 0.1) is 0 Å². The Labute approximate surface area is 127 Å². The summed E-state index contributed by atoms with van der Waals surface area (Å²) in [5, 5.41) is 9.02. The van der Waals surface area contributed by atoms with E-state index in [1.165, 1.54) is 17.0 Å². The Morgan fingerprint density at radius 3 is 2.15 bits per heavy atom. The van der Waals surface area contributed by atoms with Gasteiger partial charge in [0.1, 0.15) is 10.3 Å². The van der Waals surface area contributed by atoms with Crippen molar-refractivity contribution in [3.05, 3.63) is 28.0 Å². The average molecular weight is 319 g/mol. The number of carboxylic acid groups (broad SMARTS) is 1. The van der Waals surface area contributed by atoms with Crippen LogP contribution in [0.25, 0.3) is 0 Å². The largest absolute Gasteiger partial charge is 0.481 e. The van der Waals surface area contributed by atoms with E-state index in [1.54, 1.807) is 0 Å². The van der Waals surface area contributed by atoms with Crippen LogP contribution in [0.4, 0.5) is 0 Å². The standard InChI is InChI=1S/C13H16Cl2N2O3/c1-13(2,3)17(5-4-11(18)19)12(20)8-6-9(14)16-10(15)7-8/h6-7H,4-5H2,1-3H3,(H,18,19). The number of carboxylic acids is 1. The Balaban J connectivity index is 3.06. The Morgan fingerprint density at radius 2 is 1.75 bits per heavy atom. The van der Waals surface area contributed by atoms with Gasteiger partial charge in [-0.05, 0) is 32.9 Å². The number of hydrogen-bond acceptors (Lipinski definition) is 3. The van der Waals surface area contributed by atoms with E-state index in [0.29, 0.717) is 0 Å². The molecule has 0 aliphatic heterocycles. The molecule has 0 aliphatic rings. The fourth-order valence-corrected chi connectivity index (χ4v) is 2.15. The maximum atomic E-state index is 12.5. The number of carbonyl (C=O) groups excluding carboxylic acids is 1. The highest BCUT2D eigenvalue weighted by Gasteiger charge is 2.28. The molecule has 1 amide bonds. The van der Waals surface area contributed by atoms with Crippen LogP contribution in [-0.4, -0.2) is 39.0 Å². The van der Waals surface area contributed by atoms with Crippen LogP contribution in [0.3, 0.4) is 0 Å². The second-order valence-electron chi connectivity index (χ2n) is 5.27. The van der Waals surface area contributed by atoms with Gasteiger partial charge in [0.15, 0.2) is 0 Å². The van der Waals surface area contributed by atoms with Crippen LogP contribution in [0.5, 0.6) is 0 Å². The third-order valence-corrected chi connectivity index (χ3v) is 3.00. The third-order valence-electron chi connectivity index (χ3n) is 2.61. The molecule has 110 valence electrons. The van der Waals surface area contributed by atoms with Crippen molar-refractivity contribution in [2.24, 2.45) is 0 Å². The number of rotatable bonds is 4. The molecular formula is C13H16Cl2N2O3. The maximum Gasteiger partial charge on any atom is 0.305 e. The molecule has 0 saturated carbocycles. The van der Waals surface area contributed by atoms with E-state index in [9.17, 15) is 9.59 Å². The Morgan fingerprint density at radius 1 is 1.25 bits per heavy atom. The van der Waals surface area contributed by atoms with Gasteiger partial charge in [-0.2, -0.15) is 0 Å². The Kier molecular flexibility index (Phi) is 5.36. The summed E-state index contributed by atoms with van der Waals surface area (Å²) in [6.45, 7) is 5.60. The van der Waals surface area contributed by atoms with Gasteiger partial charge in [-0.15, -0.1) is 0 Å². The number of carbonyl (C=O) groups is 2. The molecule has 1 aromatic rings. The van der Waals surface area contributed by atoms with Crippen LogP contribution in [0.15, 0.2) is 12.1 Å². The van der Waals surface area contributed by atoms with Crippen molar-refractivity contribution in [3.8, 4) is 0 Å². The minimum absolute atomic E-state index is 0.106. The summed E-state index contributed by atoms with van der Waals surface area (Å²) in [5.74, 6) is -1.29. The van der Waals surface area contributed by atoms with Gasteiger partial charge in [0, 0.05) is 17.6 Å². The summed E-state index contributed by atoms with van der Waals surface area (Å²) in [7, 11) is 0. The lowest BCUT2D eigenvalue weighted by atomic mass is 10.0. The van der Waals surface area contributed by atoms with Crippen LogP contribution >= 0.6 is 23.2 Å². The van der Waals surface area contributed by atoms with Gasteiger partial charge in [-0.3, -0.25) is 9.59 Å². The molecule has 0 spiro atoms.